The first-order valence-electron chi connectivity index (χ1n) is 11.6. The third kappa shape index (κ3) is 3.04. The van der Waals surface area contributed by atoms with E-state index in [1.165, 1.54) is 24.3 Å². The first-order chi connectivity index (χ1) is 18.0. The average Bonchev–Trinajstić information content (AvgIpc) is 2.93. The lowest BCUT2D eigenvalue weighted by Crippen LogP contribution is -2.40. The lowest BCUT2D eigenvalue weighted by atomic mass is 9.92. The molecule has 7 heteroatoms. The summed E-state index contributed by atoms with van der Waals surface area (Å²) in [6, 6.07) is 29.3. The van der Waals surface area contributed by atoms with Crippen LogP contribution in [0.15, 0.2) is 113 Å². The number of amides is 2. The SMILES string of the molecule is O=C1c2cccc3c(N4c5ccccc5S(=O)c5ccccc54)ccc(c23)C(=O)N1c1ccc(F)cc1. The van der Waals surface area contributed by atoms with Gasteiger partial charge in [-0.2, -0.15) is 0 Å². The molecule has 0 N–H and O–H groups in total. The standard InChI is InChI=1S/C30H17FN2O3S/c31-18-12-14-19(15-13-18)32-29(34)21-7-5-6-20-23(17-16-22(28(20)21)30(32)35)33-24-8-1-3-10-26(24)37(36)27-11-4-2-9-25(27)33/h1-17H. The Morgan fingerprint density at radius 3 is 1.81 bits per heavy atom. The van der Waals surface area contributed by atoms with Gasteiger partial charge in [0, 0.05) is 21.9 Å². The van der Waals surface area contributed by atoms with Crippen molar-refractivity contribution < 1.29 is 18.2 Å². The van der Waals surface area contributed by atoms with Gasteiger partial charge in [0.05, 0.1) is 43.3 Å². The molecule has 5 aromatic rings. The number of para-hydroxylation sites is 2. The number of imide groups is 1. The Bertz CT molecular complexity index is 1740. The van der Waals surface area contributed by atoms with Gasteiger partial charge < -0.3 is 4.90 Å². The highest BCUT2D eigenvalue weighted by Crippen LogP contribution is 2.49. The summed E-state index contributed by atoms with van der Waals surface area (Å²) in [7, 11) is -1.34. The van der Waals surface area contributed by atoms with Crippen LogP contribution in [0.4, 0.5) is 27.1 Å². The van der Waals surface area contributed by atoms with Gasteiger partial charge in [0.15, 0.2) is 0 Å². The van der Waals surface area contributed by atoms with Crippen molar-refractivity contribution in [1.82, 2.24) is 0 Å². The molecule has 0 aromatic heterocycles. The highest BCUT2D eigenvalue weighted by molar-refractivity contribution is 7.85. The number of halogens is 1. The van der Waals surface area contributed by atoms with Gasteiger partial charge >= 0.3 is 0 Å². The summed E-state index contributed by atoms with van der Waals surface area (Å²) in [5.41, 5.74) is 3.42. The lowest BCUT2D eigenvalue weighted by molar-refractivity contribution is 0.0893. The Labute approximate surface area is 213 Å². The maximum absolute atomic E-state index is 13.6. The molecule has 178 valence electrons. The molecule has 7 rings (SSSR count). The van der Waals surface area contributed by atoms with E-state index in [0.29, 0.717) is 32.0 Å². The normalized spacial score (nSPS) is 14.6. The van der Waals surface area contributed by atoms with Gasteiger partial charge in [-0.1, -0.05) is 36.4 Å². The molecule has 37 heavy (non-hydrogen) atoms. The zero-order valence-corrected chi connectivity index (χ0v) is 20.0. The number of carbonyl (C=O) groups excluding carboxylic acids is 2. The second kappa shape index (κ2) is 7.94. The minimum Gasteiger partial charge on any atom is -0.307 e. The van der Waals surface area contributed by atoms with Crippen LogP contribution in [0.25, 0.3) is 10.8 Å². The molecule has 0 saturated carbocycles. The van der Waals surface area contributed by atoms with E-state index in [9.17, 15) is 18.2 Å². The molecule has 0 atom stereocenters. The number of rotatable bonds is 2. The van der Waals surface area contributed by atoms with Crippen molar-refractivity contribution in [1.29, 1.82) is 0 Å². The average molecular weight is 505 g/mol. The van der Waals surface area contributed by atoms with Crippen LogP contribution < -0.4 is 9.80 Å². The Morgan fingerprint density at radius 2 is 1.16 bits per heavy atom. The zero-order valence-electron chi connectivity index (χ0n) is 19.2. The molecule has 0 saturated heterocycles. The molecular weight excluding hydrogens is 487 g/mol. The molecule has 5 nitrogen and oxygen atoms in total. The second-order valence-corrected chi connectivity index (χ2v) is 10.2. The van der Waals surface area contributed by atoms with Crippen LogP contribution in [-0.2, 0) is 10.8 Å². The maximum atomic E-state index is 13.6. The molecule has 2 aliphatic heterocycles. The number of nitrogens with zero attached hydrogens (tertiary/aromatic N) is 2. The maximum Gasteiger partial charge on any atom is 0.265 e. The Kier molecular flexibility index (Phi) is 4.65. The predicted molar refractivity (Wildman–Crippen MR) is 141 cm³/mol. The number of anilines is 4. The van der Waals surface area contributed by atoms with Crippen molar-refractivity contribution in [2.24, 2.45) is 0 Å². The molecule has 0 aliphatic carbocycles. The number of hydrogen-bond donors (Lipinski definition) is 0. The summed E-state index contributed by atoms with van der Waals surface area (Å²) in [6.07, 6.45) is 0. The molecule has 2 amide bonds. The van der Waals surface area contributed by atoms with Gasteiger partial charge in [-0.25, -0.2) is 13.5 Å². The van der Waals surface area contributed by atoms with Crippen molar-refractivity contribution in [3.8, 4) is 0 Å². The topological polar surface area (TPSA) is 57.7 Å². The molecule has 2 aliphatic rings. The Balaban J connectivity index is 1.47. The number of benzene rings is 5. The van der Waals surface area contributed by atoms with Crippen LogP contribution in [0.5, 0.6) is 0 Å². The molecule has 0 spiro atoms. The Morgan fingerprint density at radius 1 is 0.568 bits per heavy atom. The van der Waals surface area contributed by atoms with Crippen LogP contribution in [-0.4, -0.2) is 16.0 Å². The minimum atomic E-state index is -1.34. The van der Waals surface area contributed by atoms with Crippen LogP contribution in [0.1, 0.15) is 20.7 Å². The summed E-state index contributed by atoms with van der Waals surface area (Å²) >= 11 is 0. The summed E-state index contributed by atoms with van der Waals surface area (Å²) in [5, 5.41) is 1.29. The fourth-order valence-electron chi connectivity index (χ4n) is 5.21. The largest absolute Gasteiger partial charge is 0.307 e. The molecule has 0 radical (unpaired) electrons. The Hall–Kier alpha value is -4.62. The van der Waals surface area contributed by atoms with E-state index in [-0.39, 0.29) is 0 Å². The smallest absolute Gasteiger partial charge is 0.265 e. The highest BCUT2D eigenvalue weighted by atomic mass is 32.2. The minimum absolute atomic E-state index is 0.310. The molecule has 2 heterocycles. The quantitative estimate of drug-likeness (QED) is 0.245. The van der Waals surface area contributed by atoms with E-state index in [1.54, 1.807) is 18.2 Å². The first-order valence-corrected chi connectivity index (χ1v) is 12.8. The third-order valence-electron chi connectivity index (χ3n) is 6.82. The zero-order chi connectivity index (χ0) is 25.3. The van der Waals surface area contributed by atoms with Crippen LogP contribution in [0.2, 0.25) is 0 Å². The predicted octanol–water partition coefficient (Wildman–Crippen LogP) is 6.73. The van der Waals surface area contributed by atoms with E-state index in [0.717, 1.165) is 27.3 Å². The van der Waals surface area contributed by atoms with E-state index >= 15 is 0 Å². The summed E-state index contributed by atoms with van der Waals surface area (Å²) in [6.45, 7) is 0. The van der Waals surface area contributed by atoms with Gasteiger partial charge in [0.2, 0.25) is 0 Å². The molecule has 0 fully saturated rings. The fraction of sp³-hybridized carbons (Fsp3) is 0. The number of carbonyl (C=O) groups is 2. The second-order valence-electron chi connectivity index (χ2n) is 8.82. The van der Waals surface area contributed by atoms with Crippen molar-refractivity contribution in [3.05, 3.63) is 120 Å². The van der Waals surface area contributed by atoms with Gasteiger partial charge in [0.25, 0.3) is 11.8 Å². The third-order valence-corrected chi connectivity index (χ3v) is 8.31. The lowest BCUT2D eigenvalue weighted by Gasteiger charge is -2.34. The van der Waals surface area contributed by atoms with Gasteiger partial charge in [-0.15, -0.1) is 0 Å². The van der Waals surface area contributed by atoms with Crippen LogP contribution >= 0.6 is 0 Å². The van der Waals surface area contributed by atoms with Gasteiger partial charge in [0.1, 0.15) is 5.82 Å². The van der Waals surface area contributed by atoms with E-state index in [2.05, 4.69) is 0 Å². The summed E-state index contributed by atoms with van der Waals surface area (Å²) < 4.78 is 26.9. The van der Waals surface area contributed by atoms with Crippen LogP contribution in [0, 0.1) is 5.82 Å². The fourth-order valence-corrected chi connectivity index (χ4v) is 6.55. The van der Waals surface area contributed by atoms with Crippen molar-refractivity contribution >= 4 is 56.1 Å². The van der Waals surface area contributed by atoms with Crippen molar-refractivity contribution in [2.75, 3.05) is 9.80 Å². The van der Waals surface area contributed by atoms with Gasteiger partial charge in [-0.05, 0) is 66.7 Å². The van der Waals surface area contributed by atoms with E-state index in [1.807, 2.05) is 65.6 Å². The van der Waals surface area contributed by atoms with Crippen LogP contribution in [0.3, 0.4) is 0 Å². The van der Waals surface area contributed by atoms with Gasteiger partial charge in [-0.3, -0.25) is 9.59 Å². The van der Waals surface area contributed by atoms with Crippen molar-refractivity contribution in [2.45, 2.75) is 9.79 Å². The number of fused-ring (bicyclic) bond motifs is 2. The summed E-state index contributed by atoms with van der Waals surface area (Å²) in [5.74, 6) is -1.38. The number of hydrogen-bond acceptors (Lipinski definition) is 4. The molecule has 0 bridgehead atoms. The monoisotopic (exact) mass is 504 g/mol. The molecular formula is C30H17FN2O3S. The molecule has 0 unspecified atom stereocenters. The summed E-state index contributed by atoms with van der Waals surface area (Å²) in [4.78, 5) is 31.7. The van der Waals surface area contributed by atoms with Crippen molar-refractivity contribution in [3.63, 3.8) is 0 Å². The first kappa shape index (κ1) is 21.6. The van der Waals surface area contributed by atoms with E-state index in [4.69, 9.17) is 0 Å². The molecule has 5 aromatic carbocycles. The highest BCUT2D eigenvalue weighted by Gasteiger charge is 2.36. The van der Waals surface area contributed by atoms with E-state index < -0.39 is 28.4 Å².